The topological polar surface area (TPSA) is 60.7 Å². The van der Waals surface area contributed by atoms with Crippen LogP contribution in [0.5, 0.6) is 0 Å². The molecule has 4 nitrogen and oxygen atoms in total. The highest BCUT2D eigenvalue weighted by Gasteiger charge is 2.47. The van der Waals surface area contributed by atoms with Crippen molar-refractivity contribution < 1.29 is 8.78 Å². The highest BCUT2D eigenvalue weighted by Crippen LogP contribution is 2.45. The van der Waals surface area contributed by atoms with Gasteiger partial charge in [0.25, 0.3) is 0 Å². The Morgan fingerprint density at radius 2 is 1.88 bits per heavy atom. The van der Waals surface area contributed by atoms with Crippen molar-refractivity contribution in [2.75, 3.05) is 10.6 Å². The van der Waals surface area contributed by atoms with Crippen LogP contribution in [0.15, 0.2) is 36.5 Å². The first-order chi connectivity index (χ1) is 12.6. The molecule has 0 bridgehead atoms. The number of nitrogens with zero attached hydrogens (tertiary/aromatic N) is 2. The number of pyridine rings is 1. The molecule has 0 spiro atoms. The Bertz CT molecular complexity index is 834. The van der Waals surface area contributed by atoms with Crippen molar-refractivity contribution >= 4 is 11.5 Å². The van der Waals surface area contributed by atoms with Crippen LogP contribution >= 0.6 is 0 Å². The van der Waals surface area contributed by atoms with E-state index in [1.54, 1.807) is 6.20 Å². The first-order valence-electron chi connectivity index (χ1n) is 8.94. The molecule has 1 aromatic carbocycles. The van der Waals surface area contributed by atoms with E-state index in [-0.39, 0.29) is 11.6 Å². The number of benzene rings is 1. The van der Waals surface area contributed by atoms with Crippen LogP contribution in [-0.4, -0.2) is 17.1 Å². The molecule has 0 saturated heterocycles. The summed E-state index contributed by atoms with van der Waals surface area (Å²) in [6.07, 6.45) is 6.39. The number of rotatable bonds is 5. The van der Waals surface area contributed by atoms with Gasteiger partial charge in [0.05, 0.1) is 23.4 Å². The second-order valence-corrected chi connectivity index (χ2v) is 7.27. The molecular weight excluding hydrogens is 334 g/mol. The van der Waals surface area contributed by atoms with Crippen LogP contribution in [0.3, 0.4) is 0 Å². The molecule has 26 heavy (non-hydrogen) atoms. The second kappa shape index (κ2) is 6.56. The Morgan fingerprint density at radius 1 is 1.08 bits per heavy atom. The summed E-state index contributed by atoms with van der Waals surface area (Å²) in [6.45, 7) is 0. The zero-order valence-electron chi connectivity index (χ0n) is 14.3. The van der Waals surface area contributed by atoms with E-state index in [2.05, 4.69) is 21.7 Å². The van der Waals surface area contributed by atoms with E-state index in [0.717, 1.165) is 17.6 Å². The lowest BCUT2D eigenvalue weighted by atomic mass is 9.62. The summed E-state index contributed by atoms with van der Waals surface area (Å²) in [5, 5.41) is 16.3. The molecule has 2 fully saturated rings. The molecule has 1 heterocycles. The van der Waals surface area contributed by atoms with Gasteiger partial charge in [-0.05, 0) is 50.3 Å². The average molecular weight is 354 g/mol. The first-order valence-corrected chi connectivity index (χ1v) is 8.94. The van der Waals surface area contributed by atoms with Crippen molar-refractivity contribution in [2.45, 2.75) is 49.6 Å². The minimum Gasteiger partial charge on any atom is -0.381 e. The molecule has 0 amide bonds. The number of nitrogens with one attached hydrogen (secondary N) is 2. The van der Waals surface area contributed by atoms with Gasteiger partial charge >= 0.3 is 0 Å². The van der Waals surface area contributed by atoms with E-state index in [4.69, 9.17) is 0 Å². The third kappa shape index (κ3) is 3.10. The molecule has 0 aliphatic heterocycles. The van der Waals surface area contributed by atoms with E-state index in [0.29, 0.717) is 18.9 Å². The van der Waals surface area contributed by atoms with E-state index >= 15 is 0 Å². The maximum Gasteiger partial charge on any atom is 0.130 e. The van der Waals surface area contributed by atoms with Crippen LogP contribution in [0.1, 0.15) is 37.7 Å². The third-order valence-corrected chi connectivity index (χ3v) is 5.44. The van der Waals surface area contributed by atoms with Crippen molar-refractivity contribution in [1.29, 1.82) is 5.26 Å². The largest absolute Gasteiger partial charge is 0.381 e. The highest BCUT2D eigenvalue weighted by atomic mass is 19.1. The van der Waals surface area contributed by atoms with Crippen LogP contribution in [0, 0.1) is 23.0 Å². The molecule has 6 heteroatoms. The fourth-order valence-corrected chi connectivity index (χ4v) is 3.69. The molecule has 1 aromatic heterocycles. The van der Waals surface area contributed by atoms with E-state index in [1.807, 2.05) is 12.1 Å². The minimum absolute atomic E-state index is 0.0614. The highest BCUT2D eigenvalue weighted by molar-refractivity contribution is 5.50. The standard InChI is InChI=1S/C20H20F2N4/c21-13-4-6-17(18(22)8-13)20(12-23)9-16(10-20)25-15-5-7-19(24-11-15)26-14-2-1-3-14/h4-8,11,14,16,25H,1-3,9-10H2,(H,24,26). The number of anilines is 2. The monoisotopic (exact) mass is 354 g/mol. The lowest BCUT2D eigenvalue weighted by molar-refractivity contribution is 0.280. The molecule has 2 saturated carbocycles. The number of hydrogen-bond acceptors (Lipinski definition) is 4. The van der Waals surface area contributed by atoms with Gasteiger partial charge in [0.2, 0.25) is 0 Å². The lowest BCUT2D eigenvalue weighted by Crippen LogP contribution is -2.48. The molecule has 2 N–H and O–H groups in total. The van der Waals surface area contributed by atoms with E-state index in [9.17, 15) is 14.0 Å². The van der Waals surface area contributed by atoms with Gasteiger partial charge in [-0.25, -0.2) is 13.8 Å². The van der Waals surface area contributed by atoms with Crippen LogP contribution in [-0.2, 0) is 5.41 Å². The van der Waals surface area contributed by atoms with Gasteiger partial charge in [0.15, 0.2) is 0 Å². The molecule has 2 aliphatic carbocycles. The maximum absolute atomic E-state index is 14.1. The first kappa shape index (κ1) is 16.8. The number of nitriles is 1. The summed E-state index contributed by atoms with van der Waals surface area (Å²) in [7, 11) is 0. The summed E-state index contributed by atoms with van der Waals surface area (Å²) in [5.41, 5.74) is 0.257. The van der Waals surface area contributed by atoms with Crippen molar-refractivity contribution in [1.82, 2.24) is 4.98 Å². The molecule has 0 unspecified atom stereocenters. The van der Waals surface area contributed by atoms with Gasteiger partial charge in [0.1, 0.15) is 17.5 Å². The number of hydrogen-bond donors (Lipinski definition) is 2. The van der Waals surface area contributed by atoms with Crippen LogP contribution in [0.2, 0.25) is 0 Å². The van der Waals surface area contributed by atoms with Crippen molar-refractivity contribution in [3.05, 3.63) is 53.7 Å². The van der Waals surface area contributed by atoms with Gasteiger partial charge in [-0.15, -0.1) is 0 Å². The normalized spacial score (nSPS) is 24.9. The van der Waals surface area contributed by atoms with Gasteiger partial charge in [0, 0.05) is 23.7 Å². The second-order valence-electron chi connectivity index (χ2n) is 7.27. The molecule has 4 rings (SSSR count). The summed E-state index contributed by atoms with van der Waals surface area (Å²) < 4.78 is 27.2. The van der Waals surface area contributed by atoms with Gasteiger partial charge < -0.3 is 10.6 Å². The Hall–Kier alpha value is -2.68. The number of halogens is 2. The molecule has 0 radical (unpaired) electrons. The van der Waals surface area contributed by atoms with Gasteiger partial charge in [-0.2, -0.15) is 5.26 Å². The SMILES string of the molecule is N#CC1(c2ccc(F)cc2F)CC(Nc2ccc(NC3CCC3)nc2)C1. The number of aromatic nitrogens is 1. The zero-order valence-corrected chi connectivity index (χ0v) is 14.3. The Balaban J connectivity index is 1.38. The molecule has 2 aliphatic rings. The summed E-state index contributed by atoms with van der Waals surface area (Å²) >= 11 is 0. The lowest BCUT2D eigenvalue weighted by Gasteiger charge is -2.43. The summed E-state index contributed by atoms with van der Waals surface area (Å²) in [4.78, 5) is 4.41. The fraction of sp³-hybridized carbons (Fsp3) is 0.400. The molecule has 2 aromatic rings. The third-order valence-electron chi connectivity index (χ3n) is 5.44. The van der Waals surface area contributed by atoms with Crippen LogP contribution in [0.4, 0.5) is 20.3 Å². The Morgan fingerprint density at radius 3 is 2.46 bits per heavy atom. The van der Waals surface area contributed by atoms with E-state index < -0.39 is 17.0 Å². The quantitative estimate of drug-likeness (QED) is 0.837. The molecular formula is C20H20F2N4. The Kier molecular flexibility index (Phi) is 4.23. The molecule has 0 atom stereocenters. The maximum atomic E-state index is 14.1. The fourth-order valence-electron chi connectivity index (χ4n) is 3.69. The van der Waals surface area contributed by atoms with Crippen molar-refractivity contribution in [3.63, 3.8) is 0 Å². The van der Waals surface area contributed by atoms with Gasteiger partial charge in [-0.3, -0.25) is 0 Å². The van der Waals surface area contributed by atoms with Crippen LogP contribution in [0.25, 0.3) is 0 Å². The van der Waals surface area contributed by atoms with Crippen LogP contribution < -0.4 is 10.6 Å². The molecule has 134 valence electrons. The smallest absolute Gasteiger partial charge is 0.130 e. The van der Waals surface area contributed by atoms with Crippen molar-refractivity contribution in [3.8, 4) is 6.07 Å². The Labute approximate surface area is 151 Å². The zero-order chi connectivity index (χ0) is 18.1. The van der Waals surface area contributed by atoms with E-state index in [1.165, 1.54) is 31.4 Å². The predicted molar refractivity (Wildman–Crippen MR) is 95.8 cm³/mol. The summed E-state index contributed by atoms with van der Waals surface area (Å²) in [5.74, 6) is -0.415. The average Bonchev–Trinajstić information content (AvgIpc) is 2.56. The minimum atomic E-state index is -0.894. The van der Waals surface area contributed by atoms with Crippen molar-refractivity contribution in [2.24, 2.45) is 0 Å². The van der Waals surface area contributed by atoms with Gasteiger partial charge in [-0.1, -0.05) is 6.07 Å². The predicted octanol–water partition coefficient (Wildman–Crippen LogP) is 4.36. The summed E-state index contributed by atoms with van der Waals surface area (Å²) in [6, 6.07) is 10.1.